The molecule has 0 aliphatic carbocycles. The molecule has 25 heavy (non-hydrogen) atoms. The molecule has 3 atom stereocenters. The zero-order valence-corrected chi connectivity index (χ0v) is 15.4. The summed E-state index contributed by atoms with van der Waals surface area (Å²) < 4.78 is 16.8. The molecule has 1 aromatic carbocycles. The second-order valence-electron chi connectivity index (χ2n) is 7.53. The van der Waals surface area contributed by atoms with Gasteiger partial charge in [0.15, 0.2) is 11.5 Å². The fourth-order valence-corrected chi connectivity index (χ4v) is 4.68. The van der Waals surface area contributed by atoms with Crippen LogP contribution in [0.1, 0.15) is 37.3 Å². The Morgan fingerprint density at radius 1 is 1.00 bits per heavy atom. The first-order valence-corrected chi connectivity index (χ1v) is 9.60. The lowest BCUT2D eigenvalue weighted by Gasteiger charge is -2.34. The number of likely N-dealkylation sites (tertiary alicyclic amines) is 2. The monoisotopic (exact) mass is 346 g/mol. The van der Waals surface area contributed by atoms with Crippen molar-refractivity contribution in [1.82, 2.24) is 9.80 Å². The molecule has 3 heterocycles. The van der Waals surface area contributed by atoms with E-state index in [1.165, 1.54) is 37.8 Å². The van der Waals surface area contributed by atoms with Gasteiger partial charge in [0, 0.05) is 32.2 Å². The lowest BCUT2D eigenvalue weighted by molar-refractivity contribution is -0.0404. The van der Waals surface area contributed by atoms with Gasteiger partial charge in [-0.1, -0.05) is 6.07 Å². The van der Waals surface area contributed by atoms with Crippen LogP contribution in [0.25, 0.3) is 0 Å². The van der Waals surface area contributed by atoms with Crippen LogP contribution in [0.4, 0.5) is 0 Å². The van der Waals surface area contributed by atoms with Crippen molar-refractivity contribution in [3.63, 3.8) is 0 Å². The second kappa shape index (κ2) is 7.52. The van der Waals surface area contributed by atoms with E-state index in [2.05, 4.69) is 21.9 Å². The van der Waals surface area contributed by atoms with E-state index in [4.69, 9.17) is 14.2 Å². The number of hydrogen-bond donors (Lipinski definition) is 0. The largest absolute Gasteiger partial charge is 0.493 e. The van der Waals surface area contributed by atoms with Crippen molar-refractivity contribution in [1.29, 1.82) is 0 Å². The molecule has 3 aliphatic heterocycles. The molecular formula is C20H30N2O3. The average molecular weight is 346 g/mol. The lowest BCUT2D eigenvalue weighted by Crippen LogP contribution is -2.45. The van der Waals surface area contributed by atoms with E-state index < -0.39 is 0 Å². The number of morpholine rings is 1. The van der Waals surface area contributed by atoms with Crippen LogP contribution < -0.4 is 9.47 Å². The van der Waals surface area contributed by atoms with Gasteiger partial charge in [-0.3, -0.25) is 9.80 Å². The van der Waals surface area contributed by atoms with Crippen LogP contribution in [0, 0.1) is 0 Å². The third-order valence-corrected chi connectivity index (χ3v) is 5.98. The first-order valence-electron chi connectivity index (χ1n) is 9.60. The summed E-state index contributed by atoms with van der Waals surface area (Å²) in [5, 5.41) is 0. The van der Waals surface area contributed by atoms with Gasteiger partial charge in [-0.15, -0.1) is 0 Å². The molecule has 0 unspecified atom stereocenters. The van der Waals surface area contributed by atoms with Crippen LogP contribution in [0.15, 0.2) is 18.2 Å². The molecule has 5 heteroatoms. The van der Waals surface area contributed by atoms with E-state index in [9.17, 15) is 0 Å². The van der Waals surface area contributed by atoms with Crippen molar-refractivity contribution in [3.05, 3.63) is 23.8 Å². The minimum Gasteiger partial charge on any atom is -0.493 e. The van der Waals surface area contributed by atoms with Crippen molar-refractivity contribution in [2.75, 3.05) is 46.9 Å². The highest BCUT2D eigenvalue weighted by atomic mass is 16.5. The third kappa shape index (κ3) is 3.64. The van der Waals surface area contributed by atoms with Crippen LogP contribution in [0.3, 0.4) is 0 Å². The van der Waals surface area contributed by atoms with Gasteiger partial charge in [-0.25, -0.2) is 0 Å². The summed E-state index contributed by atoms with van der Waals surface area (Å²) >= 11 is 0. The summed E-state index contributed by atoms with van der Waals surface area (Å²) in [5.41, 5.74) is 1.34. The van der Waals surface area contributed by atoms with Gasteiger partial charge in [-0.2, -0.15) is 0 Å². The molecule has 0 saturated carbocycles. The van der Waals surface area contributed by atoms with Gasteiger partial charge in [0.2, 0.25) is 0 Å². The number of nitrogens with zero attached hydrogens (tertiary/aromatic N) is 2. The van der Waals surface area contributed by atoms with Crippen LogP contribution >= 0.6 is 0 Å². The van der Waals surface area contributed by atoms with Gasteiger partial charge in [-0.05, 0) is 49.9 Å². The molecule has 0 aromatic heterocycles. The SMILES string of the molecule is COc1ccc([C@@H]2CCCN2CCN2C[C@H]3CC[C@@H](C2)O3)cc1OC. The second-order valence-corrected chi connectivity index (χ2v) is 7.53. The van der Waals surface area contributed by atoms with Crippen LogP contribution in [0.5, 0.6) is 11.5 Å². The highest BCUT2D eigenvalue weighted by Gasteiger charge is 2.34. The molecular weight excluding hydrogens is 316 g/mol. The molecule has 4 rings (SSSR count). The van der Waals surface area contributed by atoms with Gasteiger partial charge in [0.05, 0.1) is 26.4 Å². The number of rotatable bonds is 6. The smallest absolute Gasteiger partial charge is 0.161 e. The van der Waals surface area contributed by atoms with Crippen molar-refractivity contribution < 1.29 is 14.2 Å². The molecule has 3 fully saturated rings. The molecule has 138 valence electrons. The van der Waals surface area contributed by atoms with Crippen molar-refractivity contribution in [2.45, 2.75) is 43.9 Å². The molecule has 0 radical (unpaired) electrons. The Morgan fingerprint density at radius 2 is 1.76 bits per heavy atom. The van der Waals surface area contributed by atoms with E-state index in [1.54, 1.807) is 14.2 Å². The summed E-state index contributed by atoms with van der Waals surface area (Å²) in [7, 11) is 3.40. The summed E-state index contributed by atoms with van der Waals surface area (Å²) in [6, 6.07) is 6.87. The summed E-state index contributed by atoms with van der Waals surface area (Å²) in [6.07, 6.45) is 5.97. The predicted octanol–water partition coefficient (Wildman–Crippen LogP) is 2.70. The lowest BCUT2D eigenvalue weighted by atomic mass is 10.0. The normalized spacial score (nSPS) is 29.9. The van der Waals surface area contributed by atoms with Gasteiger partial charge < -0.3 is 14.2 Å². The Morgan fingerprint density at radius 3 is 2.48 bits per heavy atom. The zero-order valence-electron chi connectivity index (χ0n) is 15.4. The Balaban J connectivity index is 1.39. The molecule has 3 saturated heterocycles. The number of hydrogen-bond acceptors (Lipinski definition) is 5. The number of methoxy groups -OCH3 is 2. The minimum absolute atomic E-state index is 0.485. The van der Waals surface area contributed by atoms with E-state index in [0.717, 1.165) is 37.7 Å². The standard InChI is InChI=1S/C20H30N2O3/c1-23-19-8-5-15(12-20(19)24-2)18-4-3-9-22(18)11-10-21-13-16-6-7-17(14-21)25-16/h5,8,12,16-18H,3-4,6-7,9-11,13-14H2,1-2H3/t16-,17+,18-/m0/s1. The number of ether oxygens (including phenoxy) is 3. The third-order valence-electron chi connectivity index (χ3n) is 5.98. The zero-order chi connectivity index (χ0) is 17.2. The quantitative estimate of drug-likeness (QED) is 0.791. The maximum Gasteiger partial charge on any atom is 0.161 e. The highest BCUT2D eigenvalue weighted by Crippen LogP contribution is 2.36. The van der Waals surface area contributed by atoms with Crippen LogP contribution in [-0.4, -0.2) is 69.0 Å². The maximum atomic E-state index is 5.96. The Kier molecular flexibility index (Phi) is 5.15. The average Bonchev–Trinajstić information content (AvgIpc) is 3.25. The highest BCUT2D eigenvalue weighted by molar-refractivity contribution is 5.44. The maximum absolute atomic E-state index is 5.96. The molecule has 0 amide bonds. The van der Waals surface area contributed by atoms with Crippen LogP contribution in [-0.2, 0) is 4.74 Å². The van der Waals surface area contributed by atoms with Crippen molar-refractivity contribution in [3.8, 4) is 11.5 Å². The topological polar surface area (TPSA) is 34.2 Å². The first-order chi connectivity index (χ1) is 12.3. The first kappa shape index (κ1) is 17.1. The van der Waals surface area contributed by atoms with E-state index in [1.807, 2.05) is 6.07 Å². The fraction of sp³-hybridized carbons (Fsp3) is 0.700. The minimum atomic E-state index is 0.485. The van der Waals surface area contributed by atoms with Crippen LogP contribution in [0.2, 0.25) is 0 Å². The molecule has 3 aliphatic rings. The molecule has 0 N–H and O–H groups in total. The van der Waals surface area contributed by atoms with Crippen molar-refractivity contribution >= 4 is 0 Å². The molecule has 0 spiro atoms. The van der Waals surface area contributed by atoms with Gasteiger partial charge in [0.1, 0.15) is 0 Å². The summed E-state index contributed by atoms with van der Waals surface area (Å²) in [5.74, 6) is 1.64. The molecule has 2 bridgehead atoms. The summed E-state index contributed by atoms with van der Waals surface area (Å²) in [4.78, 5) is 5.24. The Labute approximate surface area is 150 Å². The van der Waals surface area contributed by atoms with Crippen molar-refractivity contribution in [2.24, 2.45) is 0 Å². The van der Waals surface area contributed by atoms with E-state index in [0.29, 0.717) is 18.2 Å². The van der Waals surface area contributed by atoms with Gasteiger partial charge in [0.25, 0.3) is 0 Å². The Bertz CT molecular complexity index is 582. The molecule has 1 aromatic rings. The molecule has 5 nitrogen and oxygen atoms in total. The summed E-state index contributed by atoms with van der Waals surface area (Å²) in [6.45, 7) is 5.71. The van der Waals surface area contributed by atoms with Gasteiger partial charge >= 0.3 is 0 Å². The number of benzene rings is 1. The predicted molar refractivity (Wildman–Crippen MR) is 97.4 cm³/mol. The van der Waals surface area contributed by atoms with E-state index >= 15 is 0 Å². The van der Waals surface area contributed by atoms with E-state index in [-0.39, 0.29) is 0 Å². The number of fused-ring (bicyclic) bond motifs is 2. The fourth-order valence-electron chi connectivity index (χ4n) is 4.68. The Hall–Kier alpha value is -1.30.